The molecule has 3 rings (SSSR count). The van der Waals surface area contributed by atoms with Gasteiger partial charge in [0.15, 0.2) is 0 Å². The summed E-state index contributed by atoms with van der Waals surface area (Å²) >= 11 is 6.20. The van der Waals surface area contributed by atoms with Crippen molar-refractivity contribution in [3.05, 3.63) is 65.2 Å². The minimum absolute atomic E-state index is 0.316. The molecule has 142 valence electrons. The van der Waals surface area contributed by atoms with Crippen LogP contribution in [0, 0.1) is 0 Å². The normalized spacial score (nSPS) is 12.9. The van der Waals surface area contributed by atoms with E-state index in [-0.39, 0.29) is 0 Å². The van der Waals surface area contributed by atoms with Gasteiger partial charge in [-0.05, 0) is 42.8 Å². The minimum atomic E-state index is -4.39. The predicted octanol–water partition coefficient (Wildman–Crippen LogP) is 5.41. The zero-order chi connectivity index (χ0) is 19.6. The van der Waals surface area contributed by atoms with E-state index in [1.165, 1.54) is 0 Å². The van der Waals surface area contributed by atoms with Gasteiger partial charge in [-0.3, -0.25) is 0 Å². The quantitative estimate of drug-likeness (QED) is 0.628. The van der Waals surface area contributed by atoms with Gasteiger partial charge in [0, 0.05) is 16.7 Å². The fraction of sp³-hybridized carbons (Fsp3) is 0.211. The Morgan fingerprint density at radius 2 is 1.85 bits per heavy atom. The first-order chi connectivity index (χ1) is 12.7. The number of nitrogen functional groups attached to an aromatic ring is 1. The van der Waals surface area contributed by atoms with Gasteiger partial charge in [0.25, 0.3) is 0 Å². The smallest absolute Gasteiger partial charge is 0.382 e. The fourth-order valence-electron chi connectivity index (χ4n) is 2.68. The van der Waals surface area contributed by atoms with E-state index in [9.17, 15) is 13.2 Å². The lowest BCUT2D eigenvalue weighted by Crippen LogP contribution is -2.18. The summed E-state index contributed by atoms with van der Waals surface area (Å²) in [6.07, 6.45) is -5.18. The molecule has 3 aromatic rings. The van der Waals surface area contributed by atoms with Crippen LogP contribution in [0.25, 0.3) is 16.9 Å². The highest BCUT2D eigenvalue weighted by molar-refractivity contribution is 6.31. The van der Waals surface area contributed by atoms with Crippen LogP contribution in [-0.4, -0.2) is 22.6 Å². The molecule has 0 fully saturated rings. The first kappa shape index (κ1) is 19.3. The summed E-state index contributed by atoms with van der Waals surface area (Å²) in [7, 11) is 0. The van der Waals surface area contributed by atoms with Crippen LogP contribution in [0.15, 0.2) is 54.6 Å². The molecule has 0 unspecified atom stereocenters. The van der Waals surface area contributed by atoms with Gasteiger partial charge in [-0.1, -0.05) is 29.8 Å². The monoisotopic (exact) mass is 395 g/mol. The molecule has 0 aliphatic carbocycles. The summed E-state index contributed by atoms with van der Waals surface area (Å²) in [5.41, 5.74) is 8.54. The lowest BCUT2D eigenvalue weighted by Gasteiger charge is -2.17. The largest absolute Gasteiger partial charge is 0.411 e. The van der Waals surface area contributed by atoms with Gasteiger partial charge in [-0.25, -0.2) is 4.68 Å². The molecule has 2 N–H and O–H groups in total. The van der Waals surface area contributed by atoms with Crippen LogP contribution in [0.1, 0.15) is 18.6 Å². The molecular weight excluding hydrogens is 379 g/mol. The standard InChI is InChI=1S/C19H17ClF3N3O/c1-12(27-11-19(21,22)23)13-7-14(9-15(20)8-13)17-10-18(24)25-26(17)16-5-3-2-4-6-16/h2-10,12H,11H2,1H3,(H2,24,25)/t12-/m1/s1. The maximum atomic E-state index is 12.4. The lowest BCUT2D eigenvalue weighted by atomic mass is 10.0. The molecule has 0 amide bonds. The molecule has 0 aliphatic rings. The average molecular weight is 396 g/mol. The zero-order valence-electron chi connectivity index (χ0n) is 14.4. The number of anilines is 1. The van der Waals surface area contributed by atoms with Crippen molar-refractivity contribution in [2.45, 2.75) is 19.2 Å². The van der Waals surface area contributed by atoms with Gasteiger partial charge in [0.1, 0.15) is 12.4 Å². The van der Waals surface area contributed by atoms with Crippen molar-refractivity contribution in [1.29, 1.82) is 0 Å². The Labute approximate surface area is 159 Å². The van der Waals surface area contributed by atoms with E-state index < -0.39 is 18.9 Å². The number of aromatic nitrogens is 2. The molecule has 8 heteroatoms. The van der Waals surface area contributed by atoms with Crippen molar-refractivity contribution in [1.82, 2.24) is 9.78 Å². The third-order valence-corrected chi connectivity index (χ3v) is 4.13. The number of hydrogen-bond donors (Lipinski definition) is 1. The summed E-state index contributed by atoms with van der Waals surface area (Å²) in [5.74, 6) is 0.316. The van der Waals surface area contributed by atoms with Gasteiger partial charge >= 0.3 is 6.18 Å². The Morgan fingerprint density at radius 1 is 1.15 bits per heavy atom. The Morgan fingerprint density at radius 3 is 2.52 bits per heavy atom. The van der Waals surface area contributed by atoms with Crippen LogP contribution in [0.4, 0.5) is 19.0 Å². The second-order valence-electron chi connectivity index (χ2n) is 6.04. The number of nitrogens with two attached hydrogens (primary N) is 1. The van der Waals surface area contributed by atoms with E-state index in [0.717, 1.165) is 5.69 Å². The lowest BCUT2D eigenvalue weighted by molar-refractivity contribution is -0.184. The Hall–Kier alpha value is -2.51. The van der Waals surface area contributed by atoms with Gasteiger partial charge in [-0.15, -0.1) is 0 Å². The van der Waals surface area contributed by atoms with E-state index in [1.54, 1.807) is 35.9 Å². The van der Waals surface area contributed by atoms with E-state index >= 15 is 0 Å². The Bertz CT molecular complexity index is 926. The van der Waals surface area contributed by atoms with Crippen LogP contribution in [0.2, 0.25) is 5.02 Å². The van der Waals surface area contributed by atoms with E-state index in [0.29, 0.717) is 27.7 Å². The zero-order valence-corrected chi connectivity index (χ0v) is 15.1. The maximum Gasteiger partial charge on any atom is 0.411 e. The second kappa shape index (κ2) is 7.62. The van der Waals surface area contributed by atoms with Crippen molar-refractivity contribution in [2.75, 3.05) is 12.3 Å². The predicted molar refractivity (Wildman–Crippen MR) is 98.8 cm³/mol. The summed E-state index contributed by atoms with van der Waals surface area (Å²) in [5, 5.41) is 4.68. The molecule has 0 bridgehead atoms. The molecule has 1 aromatic heterocycles. The Balaban J connectivity index is 1.98. The number of alkyl halides is 3. The van der Waals surface area contributed by atoms with E-state index in [4.69, 9.17) is 22.1 Å². The maximum absolute atomic E-state index is 12.4. The summed E-state index contributed by atoms with van der Waals surface area (Å²) in [4.78, 5) is 0. The van der Waals surface area contributed by atoms with Gasteiger partial charge in [-0.2, -0.15) is 18.3 Å². The first-order valence-corrected chi connectivity index (χ1v) is 8.51. The number of rotatable bonds is 5. The highest BCUT2D eigenvalue weighted by Gasteiger charge is 2.29. The van der Waals surface area contributed by atoms with Gasteiger partial charge < -0.3 is 10.5 Å². The van der Waals surface area contributed by atoms with Crippen molar-refractivity contribution in [3.63, 3.8) is 0 Å². The fourth-order valence-corrected chi connectivity index (χ4v) is 2.93. The summed E-state index contributed by atoms with van der Waals surface area (Å²) in [6, 6.07) is 16.1. The van der Waals surface area contributed by atoms with Crippen LogP contribution in [0.3, 0.4) is 0 Å². The highest BCUT2D eigenvalue weighted by Crippen LogP contribution is 2.32. The molecule has 0 saturated carbocycles. The molecule has 1 heterocycles. The number of halogens is 4. The highest BCUT2D eigenvalue weighted by atomic mass is 35.5. The molecular formula is C19H17ClF3N3O. The molecule has 0 saturated heterocycles. The third-order valence-electron chi connectivity index (χ3n) is 3.91. The summed E-state index contributed by atoms with van der Waals surface area (Å²) in [6.45, 7) is 0.217. The van der Waals surface area contributed by atoms with Gasteiger partial charge in [0.2, 0.25) is 0 Å². The molecule has 1 atom stereocenters. The number of para-hydroxylation sites is 1. The number of nitrogens with zero attached hydrogens (tertiary/aromatic N) is 2. The number of ether oxygens (including phenoxy) is 1. The van der Waals surface area contributed by atoms with E-state index in [2.05, 4.69) is 5.10 Å². The van der Waals surface area contributed by atoms with Crippen LogP contribution in [0.5, 0.6) is 0 Å². The Kier molecular flexibility index (Phi) is 5.43. The second-order valence-corrected chi connectivity index (χ2v) is 6.48. The minimum Gasteiger partial charge on any atom is -0.382 e. The molecule has 4 nitrogen and oxygen atoms in total. The van der Waals surface area contributed by atoms with Crippen molar-refractivity contribution >= 4 is 17.4 Å². The van der Waals surface area contributed by atoms with Gasteiger partial charge in [0.05, 0.1) is 17.5 Å². The molecule has 27 heavy (non-hydrogen) atoms. The van der Waals surface area contributed by atoms with Crippen LogP contribution >= 0.6 is 11.6 Å². The summed E-state index contributed by atoms with van der Waals surface area (Å²) < 4.78 is 43.9. The van der Waals surface area contributed by atoms with Crippen LogP contribution in [-0.2, 0) is 4.74 Å². The molecule has 0 spiro atoms. The molecule has 0 aliphatic heterocycles. The molecule has 0 radical (unpaired) electrons. The first-order valence-electron chi connectivity index (χ1n) is 8.13. The molecule has 2 aromatic carbocycles. The van der Waals surface area contributed by atoms with Crippen molar-refractivity contribution < 1.29 is 17.9 Å². The SMILES string of the molecule is C[C@@H](OCC(F)(F)F)c1cc(Cl)cc(-c2cc(N)nn2-c2ccccc2)c1. The third kappa shape index (κ3) is 4.81. The van der Waals surface area contributed by atoms with Crippen molar-refractivity contribution in [2.24, 2.45) is 0 Å². The average Bonchev–Trinajstić information content (AvgIpc) is 3.01. The topological polar surface area (TPSA) is 53.1 Å². The number of hydrogen-bond acceptors (Lipinski definition) is 3. The number of benzene rings is 2. The van der Waals surface area contributed by atoms with E-state index in [1.807, 2.05) is 30.3 Å². The van der Waals surface area contributed by atoms with Crippen molar-refractivity contribution in [3.8, 4) is 16.9 Å². The van der Waals surface area contributed by atoms with Crippen LogP contribution < -0.4 is 5.73 Å².